The molecule has 0 bridgehead atoms. The largest absolute Gasteiger partial charge is 0.481 e. The van der Waals surface area contributed by atoms with Crippen molar-refractivity contribution in [2.24, 2.45) is 5.92 Å². The van der Waals surface area contributed by atoms with Gasteiger partial charge >= 0.3 is 11.9 Å². The number of hydrogen-bond donors (Lipinski definition) is 1. The summed E-state index contributed by atoms with van der Waals surface area (Å²) < 4.78 is 5.84. The number of unbranched alkanes of at least 4 members (excludes halogenated alkanes) is 11. The van der Waals surface area contributed by atoms with E-state index in [4.69, 9.17) is 9.84 Å². The molecule has 1 unspecified atom stereocenters. The summed E-state index contributed by atoms with van der Waals surface area (Å²) in [5.74, 6) is 0.0215. The number of carboxylic acid groups (broad SMARTS) is 1. The first-order chi connectivity index (χ1) is 14.5. The first-order valence-corrected chi connectivity index (χ1v) is 12.9. The molecule has 4 nitrogen and oxygen atoms in total. The summed E-state index contributed by atoms with van der Waals surface area (Å²) in [6.07, 6.45) is 20.1. The predicted molar refractivity (Wildman–Crippen MR) is 126 cm³/mol. The monoisotopic (exact) mass is 426 g/mol. The van der Waals surface area contributed by atoms with E-state index in [2.05, 4.69) is 20.8 Å². The van der Waals surface area contributed by atoms with Crippen LogP contribution in [-0.2, 0) is 14.3 Å². The first-order valence-electron chi connectivity index (χ1n) is 12.9. The van der Waals surface area contributed by atoms with Crippen LogP contribution in [0.5, 0.6) is 0 Å². The lowest BCUT2D eigenvalue weighted by Gasteiger charge is -2.18. The van der Waals surface area contributed by atoms with Crippen LogP contribution in [0.15, 0.2) is 0 Å². The Balaban J connectivity index is 3.91. The summed E-state index contributed by atoms with van der Waals surface area (Å²) in [4.78, 5) is 22.7. The van der Waals surface area contributed by atoms with E-state index >= 15 is 0 Å². The molecule has 0 amide bonds. The Morgan fingerprint density at radius 2 is 1.13 bits per heavy atom. The van der Waals surface area contributed by atoms with Crippen molar-refractivity contribution in [3.8, 4) is 0 Å². The van der Waals surface area contributed by atoms with Crippen molar-refractivity contribution in [2.75, 3.05) is 0 Å². The number of carbonyl (C=O) groups is 2. The molecule has 0 fully saturated rings. The van der Waals surface area contributed by atoms with Gasteiger partial charge in [0.1, 0.15) is 6.10 Å². The zero-order valence-electron chi connectivity index (χ0n) is 20.3. The van der Waals surface area contributed by atoms with E-state index in [9.17, 15) is 9.59 Å². The molecule has 0 heterocycles. The highest BCUT2D eigenvalue weighted by atomic mass is 16.5. The van der Waals surface area contributed by atoms with Gasteiger partial charge < -0.3 is 9.84 Å². The van der Waals surface area contributed by atoms with Gasteiger partial charge in [-0.25, -0.2) is 0 Å². The molecule has 178 valence electrons. The number of carboxylic acids is 1. The average Bonchev–Trinajstić information content (AvgIpc) is 2.69. The highest BCUT2D eigenvalue weighted by Gasteiger charge is 2.14. The van der Waals surface area contributed by atoms with Gasteiger partial charge in [0, 0.05) is 12.8 Å². The lowest BCUT2D eigenvalue weighted by Crippen LogP contribution is -2.18. The lowest BCUT2D eigenvalue weighted by molar-refractivity contribution is -0.150. The molecule has 0 aliphatic carbocycles. The fourth-order valence-electron chi connectivity index (χ4n) is 3.84. The van der Waals surface area contributed by atoms with Crippen LogP contribution in [0.4, 0.5) is 0 Å². The average molecular weight is 427 g/mol. The van der Waals surface area contributed by atoms with Gasteiger partial charge in [-0.2, -0.15) is 0 Å². The second-order valence-corrected chi connectivity index (χ2v) is 9.36. The zero-order valence-corrected chi connectivity index (χ0v) is 20.3. The molecule has 0 aromatic rings. The Hall–Kier alpha value is -1.06. The maximum Gasteiger partial charge on any atom is 0.306 e. The standard InChI is InChI=1S/C26H50O4/c1-4-5-6-13-19-24(30-26(29)22-17-16-18-23(2)3)20-14-11-9-7-8-10-12-15-21-25(27)28/h23-24H,4-22H2,1-3H3,(H,27,28). The Morgan fingerprint density at radius 1 is 0.667 bits per heavy atom. The maximum absolute atomic E-state index is 12.2. The van der Waals surface area contributed by atoms with E-state index in [1.807, 2.05) is 0 Å². The number of rotatable bonds is 22. The van der Waals surface area contributed by atoms with Crippen molar-refractivity contribution in [1.82, 2.24) is 0 Å². The van der Waals surface area contributed by atoms with Gasteiger partial charge in [-0.1, -0.05) is 91.4 Å². The van der Waals surface area contributed by atoms with Crippen LogP contribution < -0.4 is 0 Å². The third kappa shape index (κ3) is 21.6. The summed E-state index contributed by atoms with van der Waals surface area (Å²) in [6, 6.07) is 0. The van der Waals surface area contributed by atoms with Crippen molar-refractivity contribution >= 4 is 11.9 Å². The molecule has 0 aliphatic rings. The Labute approximate surface area is 186 Å². The van der Waals surface area contributed by atoms with Crippen molar-refractivity contribution in [3.63, 3.8) is 0 Å². The summed E-state index contributed by atoms with van der Waals surface area (Å²) in [5.41, 5.74) is 0. The molecule has 1 atom stereocenters. The highest BCUT2D eigenvalue weighted by molar-refractivity contribution is 5.69. The molecule has 0 radical (unpaired) electrons. The van der Waals surface area contributed by atoms with Crippen LogP contribution in [0.1, 0.15) is 143 Å². The smallest absolute Gasteiger partial charge is 0.306 e. The molecule has 0 aromatic carbocycles. The van der Waals surface area contributed by atoms with Crippen molar-refractivity contribution < 1.29 is 19.4 Å². The van der Waals surface area contributed by atoms with E-state index in [1.54, 1.807) is 0 Å². The second-order valence-electron chi connectivity index (χ2n) is 9.36. The normalized spacial score (nSPS) is 12.3. The maximum atomic E-state index is 12.2. The van der Waals surface area contributed by atoms with Crippen LogP contribution in [0, 0.1) is 5.92 Å². The molecule has 1 N–H and O–H groups in total. The van der Waals surface area contributed by atoms with Crippen molar-refractivity contribution in [2.45, 2.75) is 149 Å². The van der Waals surface area contributed by atoms with Gasteiger partial charge in [0.15, 0.2) is 0 Å². The molecule has 0 saturated heterocycles. The number of hydrogen-bond acceptors (Lipinski definition) is 3. The molecule has 0 saturated carbocycles. The molecule has 0 rings (SSSR count). The van der Waals surface area contributed by atoms with Crippen LogP contribution in [0.25, 0.3) is 0 Å². The Bertz CT molecular complexity index is 406. The molecule has 0 aliphatic heterocycles. The quantitative estimate of drug-likeness (QED) is 0.140. The van der Waals surface area contributed by atoms with Gasteiger partial charge in [-0.05, 0) is 44.4 Å². The van der Waals surface area contributed by atoms with Crippen LogP contribution >= 0.6 is 0 Å². The molecule has 4 heteroatoms. The molecule has 0 aromatic heterocycles. The predicted octanol–water partition coefficient (Wildman–Crippen LogP) is 8.07. The fourth-order valence-corrected chi connectivity index (χ4v) is 3.84. The van der Waals surface area contributed by atoms with Crippen molar-refractivity contribution in [1.29, 1.82) is 0 Å². The van der Waals surface area contributed by atoms with Crippen LogP contribution in [0.2, 0.25) is 0 Å². The number of carbonyl (C=O) groups excluding carboxylic acids is 1. The molecule has 0 spiro atoms. The van der Waals surface area contributed by atoms with Gasteiger partial charge in [0.2, 0.25) is 0 Å². The van der Waals surface area contributed by atoms with E-state index in [0.29, 0.717) is 18.8 Å². The molecular weight excluding hydrogens is 376 g/mol. The SMILES string of the molecule is CCCCCCC(CCCCCCCCCCC(=O)O)OC(=O)CCCCC(C)C. The molecular formula is C26H50O4. The fraction of sp³-hybridized carbons (Fsp3) is 0.923. The number of ether oxygens (including phenoxy) is 1. The van der Waals surface area contributed by atoms with Crippen LogP contribution in [-0.4, -0.2) is 23.1 Å². The topological polar surface area (TPSA) is 63.6 Å². The molecule has 30 heavy (non-hydrogen) atoms. The Morgan fingerprint density at radius 3 is 1.67 bits per heavy atom. The third-order valence-electron chi connectivity index (χ3n) is 5.76. The summed E-state index contributed by atoms with van der Waals surface area (Å²) >= 11 is 0. The Kier molecular flexibility index (Phi) is 20.4. The van der Waals surface area contributed by atoms with Gasteiger partial charge in [-0.15, -0.1) is 0 Å². The highest BCUT2D eigenvalue weighted by Crippen LogP contribution is 2.18. The van der Waals surface area contributed by atoms with Gasteiger partial charge in [0.25, 0.3) is 0 Å². The van der Waals surface area contributed by atoms with E-state index < -0.39 is 5.97 Å². The van der Waals surface area contributed by atoms with Gasteiger partial charge in [-0.3, -0.25) is 9.59 Å². The summed E-state index contributed by atoms with van der Waals surface area (Å²) in [5, 5.41) is 8.64. The first kappa shape index (κ1) is 28.9. The lowest BCUT2D eigenvalue weighted by atomic mass is 10.0. The van der Waals surface area contributed by atoms with E-state index in [1.165, 1.54) is 51.4 Å². The number of aliphatic carboxylic acids is 1. The summed E-state index contributed by atoms with van der Waals surface area (Å²) in [7, 11) is 0. The van der Waals surface area contributed by atoms with Crippen LogP contribution in [0.3, 0.4) is 0 Å². The number of esters is 1. The van der Waals surface area contributed by atoms with Crippen molar-refractivity contribution in [3.05, 3.63) is 0 Å². The minimum Gasteiger partial charge on any atom is -0.481 e. The van der Waals surface area contributed by atoms with E-state index in [-0.39, 0.29) is 12.1 Å². The second kappa shape index (κ2) is 21.2. The summed E-state index contributed by atoms with van der Waals surface area (Å²) in [6.45, 7) is 6.68. The minimum atomic E-state index is -0.685. The zero-order chi connectivity index (χ0) is 22.5. The minimum absolute atomic E-state index is 0.000563. The van der Waals surface area contributed by atoms with E-state index in [0.717, 1.165) is 57.8 Å². The van der Waals surface area contributed by atoms with Gasteiger partial charge in [0.05, 0.1) is 0 Å². The third-order valence-corrected chi connectivity index (χ3v) is 5.76.